The molecule has 0 saturated heterocycles. The minimum Gasteiger partial charge on any atom is -0.497 e. The molecular weight excluding hydrogens is 240 g/mol. The van der Waals surface area contributed by atoms with Gasteiger partial charge >= 0.3 is 5.97 Å². The Labute approximate surface area is 114 Å². The first kappa shape index (κ1) is 15.3. The Morgan fingerprint density at radius 3 is 2.47 bits per heavy atom. The number of carboxylic acid groups (broad SMARTS) is 1. The van der Waals surface area contributed by atoms with Crippen molar-refractivity contribution in [1.82, 2.24) is 0 Å². The van der Waals surface area contributed by atoms with E-state index in [1.807, 2.05) is 12.1 Å². The van der Waals surface area contributed by atoms with Gasteiger partial charge in [-0.15, -0.1) is 0 Å². The number of hydrogen-bond donors (Lipinski definition) is 1. The highest BCUT2D eigenvalue weighted by molar-refractivity contribution is 5.66. The third-order valence-electron chi connectivity index (χ3n) is 2.94. The van der Waals surface area contributed by atoms with Crippen LogP contribution in [0.15, 0.2) is 36.4 Å². The van der Waals surface area contributed by atoms with Crippen molar-refractivity contribution in [3.63, 3.8) is 0 Å². The Morgan fingerprint density at radius 1 is 1.16 bits per heavy atom. The summed E-state index contributed by atoms with van der Waals surface area (Å²) in [6.07, 6.45) is 9.32. The van der Waals surface area contributed by atoms with E-state index in [4.69, 9.17) is 9.84 Å². The molecule has 1 aromatic rings. The number of aliphatic carboxylic acids is 1. The number of rotatable bonds is 9. The second-order valence-corrected chi connectivity index (χ2v) is 4.50. The largest absolute Gasteiger partial charge is 0.497 e. The predicted octanol–water partition coefficient (Wildman–Crippen LogP) is 3.83. The molecule has 0 fully saturated rings. The maximum absolute atomic E-state index is 10.3. The molecule has 0 heterocycles. The van der Waals surface area contributed by atoms with E-state index < -0.39 is 5.97 Å². The van der Waals surface area contributed by atoms with E-state index in [0.717, 1.165) is 37.9 Å². The molecule has 0 unspecified atom stereocenters. The normalized spacial score (nSPS) is 10.8. The summed E-state index contributed by atoms with van der Waals surface area (Å²) in [5.41, 5.74) is 1.30. The number of aryl methyl sites for hydroxylation is 1. The Kier molecular flexibility index (Phi) is 7.40. The molecule has 0 spiro atoms. The van der Waals surface area contributed by atoms with Gasteiger partial charge in [0.15, 0.2) is 0 Å². The van der Waals surface area contributed by atoms with Crippen LogP contribution >= 0.6 is 0 Å². The fourth-order valence-corrected chi connectivity index (χ4v) is 1.82. The lowest BCUT2D eigenvalue weighted by molar-refractivity contribution is -0.137. The molecule has 0 amide bonds. The molecule has 0 bridgehead atoms. The van der Waals surface area contributed by atoms with Crippen molar-refractivity contribution in [1.29, 1.82) is 0 Å². The Hall–Kier alpha value is -1.77. The zero-order valence-electron chi connectivity index (χ0n) is 11.5. The molecule has 0 aliphatic rings. The van der Waals surface area contributed by atoms with Crippen molar-refractivity contribution >= 4 is 5.97 Å². The molecule has 1 N–H and O–H groups in total. The van der Waals surface area contributed by atoms with Crippen LogP contribution in [0.3, 0.4) is 0 Å². The molecule has 0 aliphatic heterocycles. The van der Waals surface area contributed by atoms with Crippen LogP contribution in [-0.4, -0.2) is 18.2 Å². The maximum atomic E-state index is 10.3. The number of hydrogen-bond acceptors (Lipinski definition) is 2. The number of allylic oxidation sites excluding steroid dienone is 2. The summed E-state index contributed by atoms with van der Waals surface area (Å²) in [4.78, 5) is 10.3. The van der Waals surface area contributed by atoms with Crippen LogP contribution in [0.2, 0.25) is 0 Å². The van der Waals surface area contributed by atoms with Gasteiger partial charge in [-0.2, -0.15) is 0 Å². The first-order chi connectivity index (χ1) is 9.22. The molecule has 1 rings (SSSR count). The van der Waals surface area contributed by atoms with Crippen molar-refractivity contribution < 1.29 is 14.6 Å². The van der Waals surface area contributed by atoms with Gasteiger partial charge in [0.25, 0.3) is 0 Å². The summed E-state index contributed by atoms with van der Waals surface area (Å²) in [5, 5.41) is 8.49. The average molecular weight is 262 g/mol. The maximum Gasteiger partial charge on any atom is 0.303 e. The third-order valence-corrected chi connectivity index (χ3v) is 2.94. The number of benzene rings is 1. The number of unbranched alkanes of at least 4 members (excludes halogenated alkanes) is 2. The topological polar surface area (TPSA) is 46.5 Å². The van der Waals surface area contributed by atoms with Gasteiger partial charge in [-0.25, -0.2) is 0 Å². The highest BCUT2D eigenvalue weighted by atomic mass is 16.5. The average Bonchev–Trinajstić information content (AvgIpc) is 2.42. The Balaban J connectivity index is 2.10. The molecule has 3 nitrogen and oxygen atoms in total. The number of methoxy groups -OCH3 is 1. The summed E-state index contributed by atoms with van der Waals surface area (Å²) in [6.45, 7) is 0. The highest BCUT2D eigenvalue weighted by Gasteiger charge is 1.95. The van der Waals surface area contributed by atoms with Crippen molar-refractivity contribution in [3.8, 4) is 5.75 Å². The molecule has 0 saturated carbocycles. The standard InChI is InChI=1S/C16H22O3/c1-19-15-12-10-14(11-13-15)8-6-4-2-3-5-7-9-16(17)18/h2,4,10-13H,3,5-9H2,1H3,(H,17,18). The van der Waals surface area contributed by atoms with Gasteiger partial charge in [-0.1, -0.05) is 24.3 Å². The lowest BCUT2D eigenvalue weighted by atomic mass is 10.1. The number of carboxylic acids is 1. The zero-order valence-corrected chi connectivity index (χ0v) is 11.5. The van der Waals surface area contributed by atoms with Crippen molar-refractivity contribution in [2.75, 3.05) is 7.11 Å². The van der Waals surface area contributed by atoms with Gasteiger partial charge in [-0.05, 0) is 49.8 Å². The molecule has 0 radical (unpaired) electrons. The predicted molar refractivity (Wildman–Crippen MR) is 76.6 cm³/mol. The van der Waals surface area contributed by atoms with E-state index in [1.165, 1.54) is 5.56 Å². The fourth-order valence-electron chi connectivity index (χ4n) is 1.82. The third kappa shape index (κ3) is 7.29. The van der Waals surface area contributed by atoms with Crippen LogP contribution in [0, 0.1) is 0 Å². The van der Waals surface area contributed by atoms with Crippen LogP contribution in [0.25, 0.3) is 0 Å². The van der Waals surface area contributed by atoms with E-state index >= 15 is 0 Å². The van der Waals surface area contributed by atoms with Crippen LogP contribution in [0.1, 0.15) is 37.7 Å². The van der Waals surface area contributed by atoms with Crippen molar-refractivity contribution in [2.45, 2.75) is 38.5 Å². The van der Waals surface area contributed by atoms with Gasteiger partial charge in [0.05, 0.1) is 7.11 Å². The van der Waals surface area contributed by atoms with Crippen LogP contribution in [0.5, 0.6) is 5.75 Å². The van der Waals surface area contributed by atoms with Gasteiger partial charge < -0.3 is 9.84 Å². The Morgan fingerprint density at radius 2 is 1.84 bits per heavy atom. The fraction of sp³-hybridized carbons (Fsp3) is 0.438. The first-order valence-corrected chi connectivity index (χ1v) is 6.72. The SMILES string of the molecule is COc1ccc(CCC=CCCCCC(=O)O)cc1. The van der Waals surface area contributed by atoms with Crippen molar-refractivity contribution in [3.05, 3.63) is 42.0 Å². The van der Waals surface area contributed by atoms with E-state index in [-0.39, 0.29) is 6.42 Å². The second kappa shape index (κ2) is 9.20. The lowest BCUT2D eigenvalue weighted by Crippen LogP contribution is -1.92. The molecule has 0 aliphatic carbocycles. The van der Waals surface area contributed by atoms with Crippen LogP contribution in [-0.2, 0) is 11.2 Å². The van der Waals surface area contributed by atoms with Crippen LogP contribution in [0.4, 0.5) is 0 Å². The van der Waals surface area contributed by atoms with Gasteiger partial charge in [0.1, 0.15) is 5.75 Å². The summed E-state index contributed by atoms with van der Waals surface area (Å²) < 4.78 is 5.11. The quantitative estimate of drug-likeness (QED) is 0.543. The second-order valence-electron chi connectivity index (χ2n) is 4.50. The summed E-state index contributed by atoms with van der Waals surface area (Å²) in [6, 6.07) is 8.12. The van der Waals surface area contributed by atoms with Gasteiger partial charge in [-0.3, -0.25) is 4.79 Å². The number of ether oxygens (including phenoxy) is 1. The molecule has 3 heteroatoms. The van der Waals surface area contributed by atoms with Gasteiger partial charge in [0.2, 0.25) is 0 Å². The minimum absolute atomic E-state index is 0.277. The molecule has 1 aromatic carbocycles. The number of carbonyl (C=O) groups is 1. The first-order valence-electron chi connectivity index (χ1n) is 6.72. The smallest absolute Gasteiger partial charge is 0.303 e. The van der Waals surface area contributed by atoms with E-state index in [2.05, 4.69) is 24.3 Å². The van der Waals surface area contributed by atoms with E-state index in [9.17, 15) is 4.79 Å². The summed E-state index contributed by atoms with van der Waals surface area (Å²) in [7, 11) is 1.67. The highest BCUT2D eigenvalue weighted by Crippen LogP contribution is 2.12. The minimum atomic E-state index is -0.705. The molecule has 0 atom stereocenters. The van der Waals surface area contributed by atoms with Crippen LogP contribution < -0.4 is 4.74 Å². The summed E-state index contributed by atoms with van der Waals surface area (Å²) in [5.74, 6) is 0.182. The van der Waals surface area contributed by atoms with Gasteiger partial charge in [0, 0.05) is 6.42 Å². The monoisotopic (exact) mass is 262 g/mol. The summed E-state index contributed by atoms with van der Waals surface area (Å²) >= 11 is 0. The Bertz CT molecular complexity index is 393. The van der Waals surface area contributed by atoms with E-state index in [0.29, 0.717) is 0 Å². The van der Waals surface area contributed by atoms with E-state index in [1.54, 1.807) is 7.11 Å². The lowest BCUT2D eigenvalue weighted by Gasteiger charge is -2.01. The molecule has 104 valence electrons. The zero-order chi connectivity index (χ0) is 13.9. The molecule has 19 heavy (non-hydrogen) atoms. The molecule has 0 aromatic heterocycles. The molecular formula is C16H22O3. The van der Waals surface area contributed by atoms with Crippen molar-refractivity contribution in [2.24, 2.45) is 0 Å².